The number of aliphatic hydroxyl groups is 1. The van der Waals surface area contributed by atoms with Crippen LogP contribution in [0.5, 0.6) is 0 Å². The molecule has 3 N–H and O–H groups in total. The van der Waals surface area contributed by atoms with Crippen molar-refractivity contribution in [1.29, 1.82) is 0 Å². The number of nitrogens with one attached hydrogen (secondary N) is 2. The average Bonchev–Trinajstić information content (AvgIpc) is 2.43. The first kappa shape index (κ1) is 15.2. The van der Waals surface area contributed by atoms with Crippen LogP contribution in [0.3, 0.4) is 0 Å². The van der Waals surface area contributed by atoms with Gasteiger partial charge in [-0.3, -0.25) is 9.59 Å². The first-order valence-corrected chi connectivity index (χ1v) is 6.32. The topological polar surface area (TPSA) is 78.4 Å². The molecule has 19 heavy (non-hydrogen) atoms. The minimum Gasteiger partial charge on any atom is -0.394 e. The van der Waals surface area contributed by atoms with Crippen molar-refractivity contribution in [3.63, 3.8) is 0 Å². The maximum atomic E-state index is 11.6. The van der Waals surface area contributed by atoms with Gasteiger partial charge >= 0.3 is 11.8 Å². The average molecular weight is 264 g/mol. The summed E-state index contributed by atoms with van der Waals surface area (Å²) in [4.78, 5) is 23.1. The summed E-state index contributed by atoms with van der Waals surface area (Å²) in [5.41, 5.74) is 2.03. The quantitative estimate of drug-likeness (QED) is 0.678. The van der Waals surface area contributed by atoms with Crippen molar-refractivity contribution in [2.45, 2.75) is 32.9 Å². The molecule has 1 atom stereocenters. The molecule has 2 amide bonds. The molecule has 0 saturated heterocycles. The molecule has 0 bridgehead atoms. The van der Waals surface area contributed by atoms with Crippen LogP contribution in [0.25, 0.3) is 0 Å². The maximum absolute atomic E-state index is 11.6. The van der Waals surface area contributed by atoms with E-state index in [0.29, 0.717) is 13.0 Å². The van der Waals surface area contributed by atoms with Crippen molar-refractivity contribution < 1.29 is 14.7 Å². The number of hydrogen-bond acceptors (Lipinski definition) is 3. The molecule has 0 aliphatic rings. The van der Waals surface area contributed by atoms with Gasteiger partial charge in [0, 0.05) is 6.54 Å². The first-order chi connectivity index (χ1) is 9.08. The molecule has 0 aliphatic heterocycles. The van der Waals surface area contributed by atoms with Crippen molar-refractivity contribution in [2.24, 2.45) is 0 Å². The van der Waals surface area contributed by atoms with Gasteiger partial charge in [-0.05, 0) is 24.5 Å². The summed E-state index contributed by atoms with van der Waals surface area (Å²) < 4.78 is 0. The van der Waals surface area contributed by atoms with Gasteiger partial charge in [-0.1, -0.05) is 31.2 Å². The normalized spacial score (nSPS) is 11.7. The van der Waals surface area contributed by atoms with E-state index in [1.54, 1.807) is 0 Å². The van der Waals surface area contributed by atoms with E-state index in [-0.39, 0.29) is 12.6 Å². The highest BCUT2D eigenvalue weighted by molar-refractivity contribution is 6.35. The van der Waals surface area contributed by atoms with Crippen LogP contribution < -0.4 is 10.6 Å². The third kappa shape index (κ3) is 4.71. The molecule has 0 unspecified atom stereocenters. The standard InChI is InChI=1S/C14H20N2O3/c1-3-12(9-17)16-14(19)13(18)15-8-11-7-5-4-6-10(11)2/h4-7,12,17H,3,8-9H2,1-2H3,(H,15,18)(H,16,19)/t12-/m0/s1. The van der Waals surface area contributed by atoms with E-state index < -0.39 is 11.8 Å². The molecule has 0 heterocycles. The lowest BCUT2D eigenvalue weighted by Crippen LogP contribution is -2.45. The molecule has 1 rings (SSSR count). The summed E-state index contributed by atoms with van der Waals surface area (Å²) >= 11 is 0. The van der Waals surface area contributed by atoms with Gasteiger partial charge in [0.15, 0.2) is 0 Å². The van der Waals surface area contributed by atoms with Gasteiger partial charge in [-0.15, -0.1) is 0 Å². The third-order valence-corrected chi connectivity index (χ3v) is 2.96. The monoisotopic (exact) mass is 264 g/mol. The van der Waals surface area contributed by atoms with Crippen LogP contribution in [0.2, 0.25) is 0 Å². The summed E-state index contributed by atoms with van der Waals surface area (Å²) in [5, 5.41) is 14.0. The minimum atomic E-state index is -0.713. The molecule has 5 heteroatoms. The van der Waals surface area contributed by atoms with Gasteiger partial charge in [0.05, 0.1) is 12.6 Å². The number of carbonyl (C=O) groups is 2. The predicted molar refractivity (Wildman–Crippen MR) is 72.3 cm³/mol. The summed E-state index contributed by atoms with van der Waals surface area (Å²) in [5.74, 6) is -1.40. The fraction of sp³-hybridized carbons (Fsp3) is 0.429. The van der Waals surface area contributed by atoms with Crippen molar-refractivity contribution in [3.8, 4) is 0 Å². The van der Waals surface area contributed by atoms with Crippen molar-refractivity contribution in [1.82, 2.24) is 10.6 Å². The van der Waals surface area contributed by atoms with Gasteiger partial charge in [-0.2, -0.15) is 0 Å². The van der Waals surface area contributed by atoms with Crippen LogP contribution in [0.4, 0.5) is 0 Å². The molecule has 0 saturated carbocycles. The number of benzene rings is 1. The molecule has 0 aromatic heterocycles. The molecular weight excluding hydrogens is 244 g/mol. The summed E-state index contributed by atoms with van der Waals surface area (Å²) in [7, 11) is 0. The highest BCUT2D eigenvalue weighted by Gasteiger charge is 2.16. The maximum Gasteiger partial charge on any atom is 0.309 e. The zero-order valence-corrected chi connectivity index (χ0v) is 11.3. The van der Waals surface area contributed by atoms with Crippen LogP contribution >= 0.6 is 0 Å². The van der Waals surface area contributed by atoms with E-state index in [0.717, 1.165) is 11.1 Å². The SMILES string of the molecule is CC[C@@H](CO)NC(=O)C(=O)NCc1ccccc1C. The summed E-state index contributed by atoms with van der Waals surface area (Å²) in [6.07, 6.45) is 0.577. The number of aryl methyl sites for hydroxylation is 1. The van der Waals surface area contributed by atoms with Gasteiger partial charge in [0.25, 0.3) is 0 Å². The Labute approximate surface area is 113 Å². The Morgan fingerprint density at radius 2 is 1.95 bits per heavy atom. The van der Waals surface area contributed by atoms with Gasteiger partial charge in [0.1, 0.15) is 0 Å². The van der Waals surface area contributed by atoms with E-state index in [9.17, 15) is 9.59 Å². The van der Waals surface area contributed by atoms with Crippen LogP contribution in [-0.4, -0.2) is 29.6 Å². The van der Waals surface area contributed by atoms with Crippen molar-refractivity contribution in [2.75, 3.05) is 6.61 Å². The number of carbonyl (C=O) groups excluding carboxylic acids is 2. The van der Waals surface area contributed by atoms with Gasteiger partial charge < -0.3 is 15.7 Å². The van der Waals surface area contributed by atoms with Crippen LogP contribution in [0.15, 0.2) is 24.3 Å². The Morgan fingerprint density at radius 1 is 1.26 bits per heavy atom. The highest BCUT2D eigenvalue weighted by Crippen LogP contribution is 2.05. The third-order valence-electron chi connectivity index (χ3n) is 2.96. The molecular formula is C14H20N2O3. The molecule has 0 fully saturated rings. The van der Waals surface area contributed by atoms with E-state index in [1.807, 2.05) is 38.1 Å². The Kier molecular flexibility index (Phi) is 6.02. The van der Waals surface area contributed by atoms with E-state index in [1.165, 1.54) is 0 Å². The van der Waals surface area contributed by atoms with E-state index in [4.69, 9.17) is 5.11 Å². The fourth-order valence-corrected chi connectivity index (χ4v) is 1.59. The Bertz CT molecular complexity index is 442. The zero-order valence-electron chi connectivity index (χ0n) is 11.3. The number of hydrogen-bond donors (Lipinski definition) is 3. The number of rotatable bonds is 5. The van der Waals surface area contributed by atoms with Gasteiger partial charge in [-0.25, -0.2) is 0 Å². The second-order valence-electron chi connectivity index (χ2n) is 4.37. The fourth-order valence-electron chi connectivity index (χ4n) is 1.59. The van der Waals surface area contributed by atoms with E-state index >= 15 is 0 Å². The molecule has 5 nitrogen and oxygen atoms in total. The number of aliphatic hydroxyl groups excluding tert-OH is 1. The van der Waals surface area contributed by atoms with Crippen molar-refractivity contribution in [3.05, 3.63) is 35.4 Å². The first-order valence-electron chi connectivity index (χ1n) is 6.32. The lowest BCUT2D eigenvalue weighted by molar-refractivity contribution is -0.139. The smallest absolute Gasteiger partial charge is 0.309 e. The van der Waals surface area contributed by atoms with E-state index in [2.05, 4.69) is 10.6 Å². The Morgan fingerprint density at radius 3 is 2.53 bits per heavy atom. The lowest BCUT2D eigenvalue weighted by Gasteiger charge is -2.13. The summed E-state index contributed by atoms with van der Waals surface area (Å²) in [6.45, 7) is 3.91. The van der Waals surface area contributed by atoms with Gasteiger partial charge in [0.2, 0.25) is 0 Å². The molecule has 0 aliphatic carbocycles. The van der Waals surface area contributed by atoms with Crippen LogP contribution in [0.1, 0.15) is 24.5 Å². The number of amides is 2. The largest absolute Gasteiger partial charge is 0.394 e. The molecule has 0 spiro atoms. The second-order valence-corrected chi connectivity index (χ2v) is 4.37. The minimum absolute atomic E-state index is 0.173. The Balaban J connectivity index is 2.47. The molecule has 104 valence electrons. The predicted octanol–water partition coefficient (Wildman–Crippen LogP) is 0.498. The molecule has 0 radical (unpaired) electrons. The lowest BCUT2D eigenvalue weighted by atomic mass is 10.1. The zero-order chi connectivity index (χ0) is 14.3. The summed E-state index contributed by atoms with van der Waals surface area (Å²) in [6, 6.07) is 7.27. The van der Waals surface area contributed by atoms with Crippen LogP contribution in [0, 0.1) is 6.92 Å². The van der Waals surface area contributed by atoms with Crippen LogP contribution in [-0.2, 0) is 16.1 Å². The Hall–Kier alpha value is -1.88. The highest BCUT2D eigenvalue weighted by atomic mass is 16.3. The molecule has 1 aromatic carbocycles. The molecule has 1 aromatic rings. The van der Waals surface area contributed by atoms with Crippen molar-refractivity contribution >= 4 is 11.8 Å². The second kappa shape index (κ2) is 7.53.